The molecule has 0 aliphatic carbocycles. The van der Waals surface area contributed by atoms with Crippen LogP contribution < -0.4 is 11.3 Å². The third-order valence-electron chi connectivity index (χ3n) is 3.28. The molecule has 5 heteroatoms. The number of nitrogens with one attached hydrogen (secondary N) is 1. The second-order valence-electron chi connectivity index (χ2n) is 4.41. The van der Waals surface area contributed by atoms with Crippen LogP contribution in [0.15, 0.2) is 55.0 Å². The van der Waals surface area contributed by atoms with Gasteiger partial charge < -0.3 is 0 Å². The fraction of sp³-hybridized carbons (Fsp3) is 0.0667. The van der Waals surface area contributed by atoms with Crippen LogP contribution in [0.2, 0.25) is 0 Å². The number of hydrogen-bond acceptors (Lipinski definition) is 4. The maximum Gasteiger partial charge on any atom is 0.146 e. The van der Waals surface area contributed by atoms with Crippen LogP contribution in [0.25, 0.3) is 10.9 Å². The second kappa shape index (κ2) is 5.32. The lowest BCUT2D eigenvalue weighted by Gasteiger charge is -2.18. The summed E-state index contributed by atoms with van der Waals surface area (Å²) >= 11 is 0. The van der Waals surface area contributed by atoms with E-state index in [9.17, 15) is 4.39 Å². The Hall–Kier alpha value is -2.37. The van der Waals surface area contributed by atoms with Crippen LogP contribution >= 0.6 is 0 Å². The Balaban J connectivity index is 2.20. The van der Waals surface area contributed by atoms with Gasteiger partial charge in [-0.1, -0.05) is 18.2 Å². The summed E-state index contributed by atoms with van der Waals surface area (Å²) in [5, 5.41) is 0.939. The predicted molar refractivity (Wildman–Crippen MR) is 75.1 cm³/mol. The Morgan fingerprint density at radius 1 is 1.05 bits per heavy atom. The lowest BCUT2D eigenvalue weighted by Crippen LogP contribution is -2.29. The number of fused-ring (bicyclic) bond motifs is 1. The number of pyridine rings is 2. The molecule has 0 amide bonds. The zero-order chi connectivity index (χ0) is 13.9. The summed E-state index contributed by atoms with van der Waals surface area (Å²) < 4.78 is 13.9. The Bertz CT molecular complexity index is 739. The Morgan fingerprint density at radius 3 is 2.65 bits per heavy atom. The van der Waals surface area contributed by atoms with Gasteiger partial charge in [-0.25, -0.2) is 9.82 Å². The normalized spacial score (nSPS) is 12.5. The predicted octanol–water partition coefficient (Wildman–Crippen LogP) is 2.32. The molecule has 1 unspecified atom stereocenters. The molecule has 3 N–H and O–H groups in total. The summed E-state index contributed by atoms with van der Waals surface area (Å²) in [4.78, 5) is 8.06. The molecule has 2 heterocycles. The minimum Gasteiger partial charge on any atom is -0.271 e. The monoisotopic (exact) mass is 268 g/mol. The first kappa shape index (κ1) is 12.7. The van der Waals surface area contributed by atoms with Crippen molar-refractivity contribution in [1.29, 1.82) is 0 Å². The molecule has 0 spiro atoms. The van der Waals surface area contributed by atoms with Gasteiger partial charge in [-0.2, -0.15) is 0 Å². The number of nitrogens with two attached hydrogens (primary N) is 1. The summed E-state index contributed by atoms with van der Waals surface area (Å²) in [6.07, 6.45) is 4.43. The lowest BCUT2D eigenvalue weighted by atomic mass is 9.96. The van der Waals surface area contributed by atoms with Crippen molar-refractivity contribution < 1.29 is 4.39 Å². The van der Waals surface area contributed by atoms with Gasteiger partial charge in [-0.05, 0) is 23.8 Å². The van der Waals surface area contributed by atoms with Crippen molar-refractivity contribution in [3.05, 3.63) is 71.9 Å². The van der Waals surface area contributed by atoms with Crippen molar-refractivity contribution in [2.75, 3.05) is 0 Å². The summed E-state index contributed by atoms with van der Waals surface area (Å²) in [5.74, 6) is 5.25. The van der Waals surface area contributed by atoms with E-state index in [0.29, 0.717) is 5.56 Å². The van der Waals surface area contributed by atoms with E-state index in [0.717, 1.165) is 16.5 Å². The van der Waals surface area contributed by atoms with E-state index in [2.05, 4.69) is 15.4 Å². The van der Waals surface area contributed by atoms with Crippen molar-refractivity contribution in [2.45, 2.75) is 6.04 Å². The zero-order valence-electron chi connectivity index (χ0n) is 10.6. The van der Waals surface area contributed by atoms with Crippen molar-refractivity contribution in [3.8, 4) is 0 Å². The molecule has 0 fully saturated rings. The maximum absolute atomic E-state index is 13.9. The Morgan fingerprint density at radius 2 is 1.85 bits per heavy atom. The van der Waals surface area contributed by atoms with Crippen LogP contribution in [0.3, 0.4) is 0 Å². The van der Waals surface area contributed by atoms with Crippen molar-refractivity contribution in [1.82, 2.24) is 15.4 Å². The molecular formula is C15H13FN4. The molecule has 0 saturated carbocycles. The van der Waals surface area contributed by atoms with E-state index in [1.54, 1.807) is 18.5 Å². The highest BCUT2D eigenvalue weighted by molar-refractivity contribution is 5.82. The van der Waals surface area contributed by atoms with Crippen LogP contribution in [-0.2, 0) is 0 Å². The molecule has 100 valence electrons. The number of aromatic nitrogens is 2. The van der Waals surface area contributed by atoms with E-state index in [1.807, 2.05) is 30.3 Å². The third kappa shape index (κ3) is 2.13. The molecule has 4 nitrogen and oxygen atoms in total. The van der Waals surface area contributed by atoms with Gasteiger partial charge in [0.25, 0.3) is 0 Å². The van der Waals surface area contributed by atoms with Crippen molar-refractivity contribution >= 4 is 10.9 Å². The average Bonchev–Trinajstić information content (AvgIpc) is 2.50. The smallest absolute Gasteiger partial charge is 0.146 e. The van der Waals surface area contributed by atoms with Gasteiger partial charge in [0, 0.05) is 23.3 Å². The number of benzene rings is 1. The topological polar surface area (TPSA) is 63.8 Å². The molecule has 0 aliphatic rings. The van der Waals surface area contributed by atoms with E-state index >= 15 is 0 Å². The van der Waals surface area contributed by atoms with Gasteiger partial charge in [0.15, 0.2) is 0 Å². The third-order valence-corrected chi connectivity index (χ3v) is 3.28. The quantitative estimate of drug-likeness (QED) is 0.565. The van der Waals surface area contributed by atoms with Gasteiger partial charge in [0.2, 0.25) is 0 Å². The highest BCUT2D eigenvalue weighted by Crippen LogP contribution is 2.28. The molecular weight excluding hydrogens is 255 g/mol. The van der Waals surface area contributed by atoms with Gasteiger partial charge in [0.1, 0.15) is 5.82 Å². The molecule has 3 rings (SSSR count). The summed E-state index contributed by atoms with van der Waals surface area (Å²) in [5.41, 5.74) is 4.85. The minimum atomic E-state index is -0.453. The first-order valence-corrected chi connectivity index (χ1v) is 6.20. The molecule has 0 saturated heterocycles. The minimum absolute atomic E-state index is 0.392. The molecule has 20 heavy (non-hydrogen) atoms. The Labute approximate surface area is 115 Å². The first-order valence-electron chi connectivity index (χ1n) is 6.20. The molecule has 3 aromatic rings. The van der Waals surface area contributed by atoms with Crippen LogP contribution in [0, 0.1) is 5.82 Å². The fourth-order valence-corrected chi connectivity index (χ4v) is 2.34. The van der Waals surface area contributed by atoms with Crippen LogP contribution in [0.5, 0.6) is 0 Å². The highest BCUT2D eigenvalue weighted by atomic mass is 19.1. The number of rotatable bonds is 3. The van der Waals surface area contributed by atoms with E-state index in [-0.39, 0.29) is 0 Å². The maximum atomic E-state index is 13.9. The van der Waals surface area contributed by atoms with Crippen molar-refractivity contribution in [2.24, 2.45) is 5.84 Å². The van der Waals surface area contributed by atoms with E-state index in [4.69, 9.17) is 5.84 Å². The van der Waals surface area contributed by atoms with Gasteiger partial charge >= 0.3 is 0 Å². The van der Waals surface area contributed by atoms with Crippen LogP contribution in [-0.4, -0.2) is 9.97 Å². The first-order chi connectivity index (χ1) is 9.81. The lowest BCUT2D eigenvalue weighted by molar-refractivity contribution is 0.557. The number of hydrogen-bond donors (Lipinski definition) is 2. The van der Waals surface area contributed by atoms with Crippen molar-refractivity contribution in [3.63, 3.8) is 0 Å². The number of para-hydroxylation sites is 1. The Kier molecular flexibility index (Phi) is 3.37. The number of halogens is 1. The van der Waals surface area contributed by atoms with Crippen LogP contribution in [0.1, 0.15) is 17.2 Å². The molecule has 2 aromatic heterocycles. The highest BCUT2D eigenvalue weighted by Gasteiger charge is 2.18. The molecule has 1 atom stereocenters. The van der Waals surface area contributed by atoms with Gasteiger partial charge in [-0.3, -0.25) is 15.8 Å². The summed E-state index contributed by atoms with van der Waals surface area (Å²) in [7, 11) is 0. The van der Waals surface area contributed by atoms with Gasteiger partial charge in [0.05, 0.1) is 17.8 Å². The largest absolute Gasteiger partial charge is 0.271 e. The molecule has 1 aromatic carbocycles. The SMILES string of the molecule is NNC(c1ccncc1F)c1ccnc2ccccc12. The zero-order valence-corrected chi connectivity index (χ0v) is 10.6. The molecule has 0 bridgehead atoms. The standard InChI is InChI=1S/C15H13FN4/c16-13-9-18-7-5-12(13)15(20-17)11-6-8-19-14-4-2-1-3-10(11)14/h1-9,15,20H,17H2. The summed E-state index contributed by atoms with van der Waals surface area (Å²) in [6.45, 7) is 0. The van der Waals surface area contributed by atoms with Crippen LogP contribution in [0.4, 0.5) is 4.39 Å². The van der Waals surface area contributed by atoms with E-state index < -0.39 is 11.9 Å². The molecule has 0 radical (unpaired) electrons. The number of hydrazine groups is 1. The summed E-state index contributed by atoms with van der Waals surface area (Å²) in [6, 6.07) is 10.7. The van der Waals surface area contributed by atoms with E-state index in [1.165, 1.54) is 6.20 Å². The number of nitrogens with zero attached hydrogens (tertiary/aromatic N) is 2. The average molecular weight is 268 g/mol. The van der Waals surface area contributed by atoms with Gasteiger partial charge in [-0.15, -0.1) is 0 Å². The molecule has 0 aliphatic heterocycles. The second-order valence-corrected chi connectivity index (χ2v) is 4.41. The fourth-order valence-electron chi connectivity index (χ4n) is 2.34.